The van der Waals surface area contributed by atoms with Crippen molar-refractivity contribution < 1.29 is 28.6 Å². The number of hydrogen-bond acceptors (Lipinski definition) is 6. The minimum Gasteiger partial charge on any atom is -0.469 e. The zero-order chi connectivity index (χ0) is 16.3. The first kappa shape index (κ1) is 19.1. The Bertz CT molecular complexity index is 370. The molecule has 0 saturated heterocycles. The number of carbonyl (C=O) groups excluding carboxylic acids is 3. The molecule has 0 aliphatic carbocycles. The molecule has 6 heteroatoms. The molecule has 0 bridgehead atoms. The van der Waals surface area contributed by atoms with Crippen LogP contribution < -0.4 is 0 Å². The van der Waals surface area contributed by atoms with Crippen LogP contribution >= 0.6 is 0 Å². The molecule has 0 N–H and O–H groups in total. The molecule has 0 fully saturated rings. The van der Waals surface area contributed by atoms with Crippen LogP contribution in [0.1, 0.15) is 39.0 Å². The molecule has 0 heterocycles. The van der Waals surface area contributed by atoms with E-state index in [1.165, 1.54) is 21.3 Å². The molecule has 0 atom stereocenters. The van der Waals surface area contributed by atoms with Crippen molar-refractivity contribution in [3.05, 3.63) is 11.6 Å². The lowest BCUT2D eigenvalue weighted by Crippen LogP contribution is -2.26. The van der Waals surface area contributed by atoms with Crippen LogP contribution in [0.3, 0.4) is 0 Å². The standard InChI is InChI=1S/C15H24O6/c1-11(7-5-6-8-13(16)19-2)9-10-12(14(17)20-3)15(18)21-4/h7,12H,5-6,8-10H2,1-4H3. The van der Waals surface area contributed by atoms with Gasteiger partial charge in [-0.2, -0.15) is 0 Å². The van der Waals surface area contributed by atoms with Gasteiger partial charge in [0.25, 0.3) is 0 Å². The zero-order valence-corrected chi connectivity index (χ0v) is 13.1. The van der Waals surface area contributed by atoms with Crippen molar-refractivity contribution >= 4 is 17.9 Å². The molecule has 0 rings (SSSR count). The van der Waals surface area contributed by atoms with Crippen LogP contribution in [0.5, 0.6) is 0 Å². The Kier molecular flexibility index (Phi) is 9.92. The number of rotatable bonds is 9. The van der Waals surface area contributed by atoms with Gasteiger partial charge in [-0.15, -0.1) is 0 Å². The molecular weight excluding hydrogens is 276 g/mol. The minimum absolute atomic E-state index is 0.225. The number of methoxy groups -OCH3 is 3. The van der Waals surface area contributed by atoms with Crippen molar-refractivity contribution in [2.75, 3.05) is 21.3 Å². The van der Waals surface area contributed by atoms with Crippen molar-refractivity contribution in [3.63, 3.8) is 0 Å². The van der Waals surface area contributed by atoms with E-state index in [-0.39, 0.29) is 5.97 Å². The first-order chi connectivity index (χ1) is 9.96. The molecule has 0 saturated carbocycles. The highest BCUT2D eigenvalue weighted by Gasteiger charge is 2.27. The summed E-state index contributed by atoms with van der Waals surface area (Å²) in [5, 5.41) is 0. The van der Waals surface area contributed by atoms with E-state index >= 15 is 0 Å². The number of ether oxygens (including phenoxy) is 3. The van der Waals surface area contributed by atoms with E-state index < -0.39 is 17.9 Å². The lowest BCUT2D eigenvalue weighted by atomic mass is 9.99. The van der Waals surface area contributed by atoms with Gasteiger partial charge in [-0.1, -0.05) is 11.6 Å². The molecular formula is C15H24O6. The maximum absolute atomic E-state index is 11.5. The highest BCUT2D eigenvalue weighted by molar-refractivity contribution is 5.94. The summed E-state index contributed by atoms with van der Waals surface area (Å²) in [5.41, 5.74) is 1.05. The second-order valence-electron chi connectivity index (χ2n) is 4.66. The smallest absolute Gasteiger partial charge is 0.320 e. The molecule has 0 aromatic heterocycles. The maximum atomic E-state index is 11.5. The lowest BCUT2D eigenvalue weighted by Gasteiger charge is -2.12. The van der Waals surface area contributed by atoms with Crippen LogP contribution in [-0.4, -0.2) is 39.2 Å². The van der Waals surface area contributed by atoms with E-state index in [1.807, 2.05) is 13.0 Å². The average molecular weight is 300 g/mol. The Morgan fingerprint density at radius 1 is 0.952 bits per heavy atom. The van der Waals surface area contributed by atoms with Gasteiger partial charge in [-0.05, 0) is 32.6 Å². The third-order valence-corrected chi connectivity index (χ3v) is 3.10. The van der Waals surface area contributed by atoms with E-state index in [0.717, 1.165) is 12.0 Å². The fraction of sp³-hybridized carbons (Fsp3) is 0.667. The predicted molar refractivity (Wildman–Crippen MR) is 76.4 cm³/mol. The van der Waals surface area contributed by atoms with Crippen molar-refractivity contribution in [1.82, 2.24) is 0 Å². The molecule has 0 aromatic carbocycles. The summed E-state index contributed by atoms with van der Waals surface area (Å²) < 4.78 is 13.7. The van der Waals surface area contributed by atoms with Crippen LogP contribution in [0.15, 0.2) is 11.6 Å². The van der Waals surface area contributed by atoms with E-state index in [1.54, 1.807) is 0 Å². The van der Waals surface area contributed by atoms with Crippen LogP contribution in [0, 0.1) is 5.92 Å². The molecule has 120 valence electrons. The first-order valence-electron chi connectivity index (χ1n) is 6.84. The number of hydrogen-bond donors (Lipinski definition) is 0. The Labute approximate surface area is 125 Å². The second kappa shape index (κ2) is 10.9. The molecule has 0 spiro atoms. The van der Waals surface area contributed by atoms with Gasteiger partial charge in [0, 0.05) is 6.42 Å². The summed E-state index contributed by atoms with van der Waals surface area (Å²) in [7, 11) is 3.85. The predicted octanol–water partition coefficient (Wildman–Crippen LogP) is 2.02. The van der Waals surface area contributed by atoms with Gasteiger partial charge >= 0.3 is 17.9 Å². The van der Waals surface area contributed by atoms with Gasteiger partial charge in [0.2, 0.25) is 0 Å². The fourth-order valence-corrected chi connectivity index (χ4v) is 1.79. The number of allylic oxidation sites excluding steroid dienone is 2. The van der Waals surface area contributed by atoms with Gasteiger partial charge in [-0.25, -0.2) is 0 Å². The first-order valence-corrected chi connectivity index (χ1v) is 6.84. The van der Waals surface area contributed by atoms with Crippen molar-refractivity contribution in [2.45, 2.75) is 39.0 Å². The largest absolute Gasteiger partial charge is 0.469 e. The molecule has 0 aromatic rings. The third-order valence-electron chi connectivity index (χ3n) is 3.10. The van der Waals surface area contributed by atoms with Crippen molar-refractivity contribution in [3.8, 4) is 0 Å². The molecule has 21 heavy (non-hydrogen) atoms. The average Bonchev–Trinajstić information content (AvgIpc) is 2.50. The van der Waals surface area contributed by atoms with Crippen molar-refractivity contribution in [2.24, 2.45) is 5.92 Å². The van der Waals surface area contributed by atoms with Gasteiger partial charge in [-0.3, -0.25) is 14.4 Å². The molecule has 6 nitrogen and oxygen atoms in total. The fourth-order valence-electron chi connectivity index (χ4n) is 1.79. The minimum atomic E-state index is -0.890. The van der Waals surface area contributed by atoms with Crippen LogP contribution in [0.2, 0.25) is 0 Å². The molecule has 0 radical (unpaired) electrons. The van der Waals surface area contributed by atoms with E-state index in [0.29, 0.717) is 25.7 Å². The van der Waals surface area contributed by atoms with Crippen LogP contribution in [0.25, 0.3) is 0 Å². The van der Waals surface area contributed by atoms with Crippen LogP contribution in [0.4, 0.5) is 0 Å². The Morgan fingerprint density at radius 2 is 1.52 bits per heavy atom. The highest BCUT2D eigenvalue weighted by Crippen LogP contribution is 2.16. The number of esters is 3. The second-order valence-corrected chi connectivity index (χ2v) is 4.66. The molecule has 0 amide bonds. The van der Waals surface area contributed by atoms with Crippen molar-refractivity contribution in [1.29, 1.82) is 0 Å². The molecule has 0 aliphatic heterocycles. The topological polar surface area (TPSA) is 78.9 Å². The third kappa shape index (κ3) is 8.12. The normalized spacial score (nSPS) is 11.2. The molecule has 0 aliphatic rings. The lowest BCUT2D eigenvalue weighted by molar-refractivity contribution is -0.159. The van der Waals surface area contributed by atoms with E-state index in [9.17, 15) is 14.4 Å². The SMILES string of the molecule is COC(=O)CCCC=C(C)CCC(C(=O)OC)C(=O)OC. The Morgan fingerprint density at radius 3 is 2.00 bits per heavy atom. The summed E-state index contributed by atoms with van der Waals surface area (Å²) in [4.78, 5) is 33.9. The number of unbranched alkanes of at least 4 members (excludes halogenated alkanes) is 1. The van der Waals surface area contributed by atoms with Gasteiger partial charge < -0.3 is 14.2 Å². The maximum Gasteiger partial charge on any atom is 0.320 e. The Hall–Kier alpha value is -1.85. The monoisotopic (exact) mass is 300 g/mol. The highest BCUT2D eigenvalue weighted by atomic mass is 16.5. The quantitative estimate of drug-likeness (QED) is 0.213. The Balaban J connectivity index is 4.23. The summed E-state index contributed by atoms with van der Waals surface area (Å²) in [6, 6.07) is 0. The van der Waals surface area contributed by atoms with E-state index in [4.69, 9.17) is 0 Å². The number of carbonyl (C=O) groups is 3. The van der Waals surface area contributed by atoms with Gasteiger partial charge in [0.15, 0.2) is 5.92 Å². The molecule has 0 unspecified atom stereocenters. The summed E-state index contributed by atoms with van der Waals surface area (Å²) in [6.07, 6.45) is 4.77. The summed E-state index contributed by atoms with van der Waals surface area (Å²) >= 11 is 0. The van der Waals surface area contributed by atoms with Gasteiger partial charge in [0.05, 0.1) is 21.3 Å². The van der Waals surface area contributed by atoms with Crippen LogP contribution in [-0.2, 0) is 28.6 Å². The van der Waals surface area contributed by atoms with Gasteiger partial charge in [0.1, 0.15) is 0 Å². The summed E-state index contributed by atoms with van der Waals surface area (Å²) in [6.45, 7) is 1.92. The van der Waals surface area contributed by atoms with E-state index in [2.05, 4.69) is 14.2 Å². The zero-order valence-electron chi connectivity index (χ0n) is 13.1. The summed E-state index contributed by atoms with van der Waals surface area (Å²) in [5.74, 6) is -2.28.